The molecular formula is C9H12N2O2S. The zero-order valence-corrected chi connectivity index (χ0v) is 8.50. The fourth-order valence-corrected chi connectivity index (χ4v) is 2.57. The summed E-state index contributed by atoms with van der Waals surface area (Å²) in [4.78, 5) is 11.1. The first-order valence-electron chi connectivity index (χ1n) is 4.68. The fraction of sp³-hybridized carbons (Fsp3) is 0.556. The van der Waals surface area contributed by atoms with Gasteiger partial charge >= 0.3 is 5.00 Å². The molecule has 1 atom stereocenters. The second-order valence-corrected chi connectivity index (χ2v) is 4.74. The van der Waals surface area contributed by atoms with E-state index in [-0.39, 0.29) is 16.0 Å². The maximum absolute atomic E-state index is 10.5. The lowest BCUT2D eigenvalue weighted by Gasteiger charge is -2.30. The molecular weight excluding hydrogens is 200 g/mol. The fourth-order valence-electron chi connectivity index (χ4n) is 1.65. The first-order valence-corrected chi connectivity index (χ1v) is 5.50. The highest BCUT2D eigenvalue weighted by Crippen LogP contribution is 2.39. The highest BCUT2D eigenvalue weighted by molar-refractivity contribution is 7.15. The summed E-state index contributed by atoms with van der Waals surface area (Å²) in [5.74, 6) is 0.535. The number of nitro groups is 1. The van der Waals surface area contributed by atoms with E-state index < -0.39 is 0 Å². The number of hydrogen-bond acceptors (Lipinski definition) is 4. The molecule has 1 saturated carbocycles. The topological polar surface area (TPSA) is 69.2 Å². The van der Waals surface area contributed by atoms with Gasteiger partial charge in [-0.2, -0.15) is 0 Å². The largest absolute Gasteiger partial charge is 0.324 e. The van der Waals surface area contributed by atoms with Crippen molar-refractivity contribution in [3.05, 3.63) is 27.1 Å². The Bertz CT molecular complexity index is 346. The van der Waals surface area contributed by atoms with Gasteiger partial charge in [-0.05, 0) is 24.8 Å². The van der Waals surface area contributed by atoms with E-state index in [4.69, 9.17) is 5.73 Å². The van der Waals surface area contributed by atoms with Crippen LogP contribution in [-0.4, -0.2) is 4.92 Å². The Morgan fingerprint density at radius 3 is 2.71 bits per heavy atom. The van der Waals surface area contributed by atoms with E-state index in [1.807, 2.05) is 0 Å². The van der Waals surface area contributed by atoms with Crippen LogP contribution in [0.4, 0.5) is 5.00 Å². The molecule has 1 fully saturated rings. The van der Waals surface area contributed by atoms with Crippen LogP contribution in [0.2, 0.25) is 0 Å². The van der Waals surface area contributed by atoms with Crippen molar-refractivity contribution in [3.63, 3.8) is 0 Å². The van der Waals surface area contributed by atoms with Crippen molar-refractivity contribution < 1.29 is 4.92 Å². The molecule has 76 valence electrons. The van der Waals surface area contributed by atoms with Gasteiger partial charge in [0.15, 0.2) is 0 Å². The lowest BCUT2D eigenvalue weighted by atomic mass is 9.79. The third-order valence-electron chi connectivity index (χ3n) is 2.78. The monoisotopic (exact) mass is 212 g/mol. The van der Waals surface area contributed by atoms with Gasteiger partial charge in [0.2, 0.25) is 0 Å². The first-order chi connectivity index (χ1) is 6.68. The molecule has 14 heavy (non-hydrogen) atoms. The molecule has 0 unspecified atom stereocenters. The summed E-state index contributed by atoms with van der Waals surface area (Å²) in [6, 6.07) is 3.33. The molecule has 0 aliphatic heterocycles. The molecule has 1 heterocycles. The summed E-state index contributed by atoms with van der Waals surface area (Å²) < 4.78 is 0. The van der Waals surface area contributed by atoms with Gasteiger partial charge in [0.05, 0.1) is 4.92 Å². The number of nitrogens with zero attached hydrogens (tertiary/aromatic N) is 1. The van der Waals surface area contributed by atoms with Crippen LogP contribution < -0.4 is 5.73 Å². The van der Waals surface area contributed by atoms with E-state index in [1.165, 1.54) is 17.8 Å². The zero-order valence-electron chi connectivity index (χ0n) is 7.68. The summed E-state index contributed by atoms with van der Waals surface area (Å²) in [6.07, 6.45) is 3.56. The standard InChI is InChI=1S/C9H12N2O2S/c10-9(6-2-1-3-6)7-4-5-8(14-7)11(12)13/h4-6,9H,1-3,10H2/t9-/m1/s1. The summed E-state index contributed by atoms with van der Waals surface area (Å²) in [7, 11) is 0. The van der Waals surface area contributed by atoms with E-state index in [0.717, 1.165) is 17.7 Å². The van der Waals surface area contributed by atoms with Crippen LogP contribution in [0.3, 0.4) is 0 Å². The van der Waals surface area contributed by atoms with Crippen molar-refractivity contribution in [2.45, 2.75) is 25.3 Å². The Labute approximate surface area is 85.9 Å². The van der Waals surface area contributed by atoms with Gasteiger partial charge in [-0.15, -0.1) is 0 Å². The van der Waals surface area contributed by atoms with Crippen LogP contribution in [0.15, 0.2) is 12.1 Å². The normalized spacial score (nSPS) is 18.9. The Morgan fingerprint density at radius 2 is 2.29 bits per heavy atom. The molecule has 1 aliphatic carbocycles. The van der Waals surface area contributed by atoms with Crippen LogP contribution in [0.25, 0.3) is 0 Å². The molecule has 2 N–H and O–H groups in total. The molecule has 0 amide bonds. The van der Waals surface area contributed by atoms with Crippen molar-refractivity contribution in [1.82, 2.24) is 0 Å². The number of hydrogen-bond donors (Lipinski definition) is 1. The van der Waals surface area contributed by atoms with E-state index in [0.29, 0.717) is 5.92 Å². The molecule has 1 aromatic heterocycles. The van der Waals surface area contributed by atoms with E-state index >= 15 is 0 Å². The SMILES string of the molecule is N[C@@H](c1ccc([N+](=O)[O-])s1)C1CCC1. The molecule has 2 rings (SSSR count). The van der Waals surface area contributed by atoms with Crippen molar-refractivity contribution in [3.8, 4) is 0 Å². The van der Waals surface area contributed by atoms with Crippen molar-refractivity contribution in [1.29, 1.82) is 0 Å². The smallest absolute Gasteiger partial charge is 0.323 e. The second-order valence-electron chi connectivity index (χ2n) is 3.65. The lowest BCUT2D eigenvalue weighted by Crippen LogP contribution is -2.25. The third-order valence-corrected chi connectivity index (χ3v) is 3.92. The van der Waals surface area contributed by atoms with Crippen LogP contribution in [0.1, 0.15) is 30.2 Å². The third kappa shape index (κ3) is 1.65. The van der Waals surface area contributed by atoms with Crippen LogP contribution >= 0.6 is 11.3 Å². The maximum atomic E-state index is 10.5. The van der Waals surface area contributed by atoms with Gasteiger partial charge in [-0.1, -0.05) is 17.8 Å². The maximum Gasteiger partial charge on any atom is 0.324 e. The Kier molecular flexibility index (Phi) is 2.52. The second kappa shape index (κ2) is 3.67. The molecule has 0 aromatic carbocycles. The van der Waals surface area contributed by atoms with Gasteiger partial charge in [0.1, 0.15) is 0 Å². The van der Waals surface area contributed by atoms with Crippen LogP contribution in [-0.2, 0) is 0 Å². The van der Waals surface area contributed by atoms with Gasteiger partial charge in [0, 0.05) is 17.0 Å². The highest BCUT2D eigenvalue weighted by Gasteiger charge is 2.27. The minimum atomic E-state index is -0.359. The summed E-state index contributed by atoms with van der Waals surface area (Å²) in [5.41, 5.74) is 6.00. The Hall–Kier alpha value is -0.940. The molecule has 1 aromatic rings. The predicted octanol–water partition coefficient (Wildman–Crippen LogP) is 2.46. The van der Waals surface area contributed by atoms with Crippen LogP contribution in [0.5, 0.6) is 0 Å². The van der Waals surface area contributed by atoms with E-state index in [1.54, 1.807) is 12.1 Å². The zero-order chi connectivity index (χ0) is 10.1. The molecule has 0 saturated heterocycles. The number of nitrogens with two attached hydrogens (primary N) is 1. The minimum Gasteiger partial charge on any atom is -0.323 e. The summed E-state index contributed by atoms with van der Waals surface area (Å²) >= 11 is 1.20. The number of rotatable bonds is 3. The van der Waals surface area contributed by atoms with E-state index in [2.05, 4.69) is 0 Å². The average Bonchev–Trinajstić information content (AvgIpc) is 2.48. The van der Waals surface area contributed by atoms with E-state index in [9.17, 15) is 10.1 Å². The summed E-state index contributed by atoms with van der Waals surface area (Å²) in [6.45, 7) is 0. The van der Waals surface area contributed by atoms with Gasteiger partial charge < -0.3 is 5.73 Å². The summed E-state index contributed by atoms with van der Waals surface area (Å²) in [5, 5.41) is 10.7. The molecule has 1 aliphatic rings. The molecule has 5 heteroatoms. The van der Waals surface area contributed by atoms with Crippen molar-refractivity contribution in [2.24, 2.45) is 11.7 Å². The van der Waals surface area contributed by atoms with Crippen LogP contribution in [0, 0.1) is 16.0 Å². The highest BCUT2D eigenvalue weighted by atomic mass is 32.1. The molecule has 0 bridgehead atoms. The number of thiophene rings is 1. The van der Waals surface area contributed by atoms with Crippen molar-refractivity contribution in [2.75, 3.05) is 0 Å². The molecule has 0 spiro atoms. The van der Waals surface area contributed by atoms with Gasteiger partial charge in [-0.25, -0.2) is 0 Å². The van der Waals surface area contributed by atoms with Gasteiger partial charge in [0.25, 0.3) is 0 Å². The first kappa shape index (κ1) is 9.61. The molecule has 4 nitrogen and oxygen atoms in total. The lowest BCUT2D eigenvalue weighted by molar-refractivity contribution is -0.380. The van der Waals surface area contributed by atoms with Crippen molar-refractivity contribution >= 4 is 16.3 Å². The molecule has 0 radical (unpaired) electrons. The average molecular weight is 212 g/mol. The Balaban J connectivity index is 2.11. The minimum absolute atomic E-state index is 0.00227. The predicted molar refractivity (Wildman–Crippen MR) is 55.2 cm³/mol. The van der Waals surface area contributed by atoms with Gasteiger partial charge in [-0.3, -0.25) is 10.1 Å². The Morgan fingerprint density at radius 1 is 1.57 bits per heavy atom. The quantitative estimate of drug-likeness (QED) is 0.618.